The van der Waals surface area contributed by atoms with Crippen molar-refractivity contribution < 1.29 is 17.5 Å². The average molecular weight is 405 g/mol. The first kappa shape index (κ1) is 20.5. The van der Waals surface area contributed by atoms with Gasteiger partial charge in [-0.15, -0.1) is 0 Å². The number of likely N-dealkylation sites (tertiary alicyclic amines) is 1. The van der Waals surface area contributed by atoms with Crippen molar-refractivity contribution in [3.8, 4) is 5.75 Å². The van der Waals surface area contributed by atoms with Crippen LogP contribution in [0.15, 0.2) is 60.0 Å². The first-order chi connectivity index (χ1) is 13.5. The summed E-state index contributed by atoms with van der Waals surface area (Å²) in [5.74, 6) is 0.365. The molecule has 3 rings (SSSR count). The van der Waals surface area contributed by atoms with E-state index in [1.54, 1.807) is 18.2 Å². The zero-order chi connectivity index (χ0) is 19.8. The Morgan fingerprint density at radius 2 is 1.75 bits per heavy atom. The molecule has 2 aromatic rings. The Balaban J connectivity index is 1.38. The molecule has 0 atom stereocenters. The molecule has 0 saturated carbocycles. The van der Waals surface area contributed by atoms with Crippen LogP contribution in [0, 0.1) is 5.82 Å². The number of hydrogen-bond acceptors (Lipinski definition) is 4. The van der Waals surface area contributed by atoms with Crippen molar-refractivity contribution in [2.75, 3.05) is 26.2 Å². The molecule has 0 radical (unpaired) electrons. The van der Waals surface area contributed by atoms with Gasteiger partial charge >= 0.3 is 0 Å². The highest BCUT2D eigenvalue weighted by Crippen LogP contribution is 2.14. The van der Waals surface area contributed by atoms with E-state index in [-0.39, 0.29) is 11.9 Å². The minimum Gasteiger partial charge on any atom is -0.492 e. The zero-order valence-corrected chi connectivity index (χ0v) is 16.4. The van der Waals surface area contributed by atoms with Gasteiger partial charge in [0.25, 0.3) is 0 Å². The molecule has 150 valence electrons. The Kier molecular flexibility index (Phi) is 7.19. The second kappa shape index (κ2) is 9.82. The molecule has 0 bridgehead atoms. The quantitative estimate of drug-likeness (QED) is 0.734. The van der Waals surface area contributed by atoms with Gasteiger partial charge in [-0.25, -0.2) is 17.5 Å². The van der Waals surface area contributed by atoms with Crippen molar-refractivity contribution in [2.24, 2.45) is 0 Å². The second-order valence-corrected chi connectivity index (χ2v) is 8.39. The number of sulfonamides is 1. The van der Waals surface area contributed by atoms with E-state index in [1.165, 1.54) is 17.5 Å². The molecule has 0 unspecified atom stereocenters. The molecule has 0 amide bonds. The zero-order valence-electron chi connectivity index (χ0n) is 15.6. The van der Waals surface area contributed by atoms with Gasteiger partial charge in [0, 0.05) is 18.0 Å². The SMILES string of the molecule is O=S(=O)(C=Cc1ccccc1)NC1CCN(CCOc2ccc(F)cc2)CC1. The molecule has 1 N–H and O–H groups in total. The number of ether oxygens (including phenoxy) is 1. The second-order valence-electron chi connectivity index (χ2n) is 6.79. The number of hydrogen-bond donors (Lipinski definition) is 1. The minimum absolute atomic E-state index is 0.0558. The summed E-state index contributed by atoms with van der Waals surface area (Å²) in [6.45, 7) is 2.89. The van der Waals surface area contributed by atoms with Crippen LogP contribution in [0.2, 0.25) is 0 Å². The van der Waals surface area contributed by atoms with Gasteiger partial charge in [0.2, 0.25) is 10.0 Å². The van der Waals surface area contributed by atoms with Gasteiger partial charge in [0.1, 0.15) is 18.2 Å². The number of rotatable bonds is 8. The topological polar surface area (TPSA) is 58.6 Å². The van der Waals surface area contributed by atoms with Gasteiger partial charge in [0.05, 0.1) is 0 Å². The summed E-state index contributed by atoms with van der Waals surface area (Å²) in [6.07, 6.45) is 3.12. The molecule has 7 heteroatoms. The van der Waals surface area contributed by atoms with E-state index in [1.807, 2.05) is 30.3 Å². The first-order valence-corrected chi connectivity index (χ1v) is 10.9. The Hall–Kier alpha value is -2.22. The molecule has 1 heterocycles. The van der Waals surface area contributed by atoms with Crippen LogP contribution in [0.5, 0.6) is 5.75 Å². The summed E-state index contributed by atoms with van der Waals surface area (Å²) < 4.78 is 45.7. The number of halogens is 1. The number of nitrogens with zero attached hydrogens (tertiary/aromatic N) is 1. The van der Waals surface area contributed by atoms with E-state index in [0.717, 1.165) is 38.0 Å². The fourth-order valence-electron chi connectivity index (χ4n) is 3.10. The van der Waals surface area contributed by atoms with Crippen molar-refractivity contribution in [3.63, 3.8) is 0 Å². The largest absolute Gasteiger partial charge is 0.492 e. The summed E-state index contributed by atoms with van der Waals surface area (Å²) >= 11 is 0. The van der Waals surface area contributed by atoms with Crippen molar-refractivity contribution in [1.82, 2.24) is 9.62 Å². The molecule has 0 aliphatic carbocycles. The lowest BCUT2D eigenvalue weighted by atomic mass is 10.1. The number of nitrogens with one attached hydrogen (secondary N) is 1. The molecular formula is C21H25FN2O3S. The molecule has 1 fully saturated rings. The van der Waals surface area contributed by atoms with E-state index >= 15 is 0 Å². The lowest BCUT2D eigenvalue weighted by Crippen LogP contribution is -2.45. The predicted molar refractivity (Wildman–Crippen MR) is 109 cm³/mol. The summed E-state index contributed by atoms with van der Waals surface area (Å²) in [5, 5.41) is 1.23. The Bertz CT molecular complexity index is 862. The summed E-state index contributed by atoms with van der Waals surface area (Å²) in [7, 11) is -3.46. The first-order valence-electron chi connectivity index (χ1n) is 9.36. The molecular weight excluding hydrogens is 379 g/mol. The van der Waals surface area contributed by atoms with Crippen LogP contribution in [0.1, 0.15) is 18.4 Å². The molecule has 1 aliphatic rings. The van der Waals surface area contributed by atoms with E-state index < -0.39 is 10.0 Å². The standard InChI is InChI=1S/C21H25FN2O3S/c22-19-6-8-21(9-7-19)27-16-15-24-13-10-20(11-14-24)23-28(25,26)17-12-18-4-2-1-3-5-18/h1-9,12,17,20,23H,10-11,13-16H2. The number of benzene rings is 2. The van der Waals surface area contributed by atoms with Crippen LogP contribution >= 0.6 is 0 Å². The van der Waals surface area contributed by atoms with E-state index in [4.69, 9.17) is 4.74 Å². The van der Waals surface area contributed by atoms with Crippen molar-refractivity contribution in [2.45, 2.75) is 18.9 Å². The molecule has 28 heavy (non-hydrogen) atoms. The third-order valence-electron chi connectivity index (χ3n) is 4.65. The van der Waals surface area contributed by atoms with Gasteiger partial charge in [-0.1, -0.05) is 30.3 Å². The maximum atomic E-state index is 12.9. The van der Waals surface area contributed by atoms with Crippen LogP contribution in [-0.2, 0) is 10.0 Å². The number of piperidine rings is 1. The third-order valence-corrected chi connectivity index (χ3v) is 5.80. The average Bonchev–Trinajstić information content (AvgIpc) is 2.70. The van der Waals surface area contributed by atoms with Crippen LogP contribution in [0.4, 0.5) is 4.39 Å². The summed E-state index contributed by atoms with van der Waals surface area (Å²) in [5.41, 5.74) is 0.851. The van der Waals surface area contributed by atoms with Gasteiger partial charge in [-0.3, -0.25) is 4.90 Å². The molecule has 1 saturated heterocycles. The minimum atomic E-state index is -3.46. The van der Waals surface area contributed by atoms with Crippen LogP contribution < -0.4 is 9.46 Å². The maximum Gasteiger partial charge on any atom is 0.233 e. The van der Waals surface area contributed by atoms with E-state index in [2.05, 4.69) is 9.62 Å². The smallest absolute Gasteiger partial charge is 0.233 e. The Morgan fingerprint density at radius 3 is 2.43 bits per heavy atom. The monoisotopic (exact) mass is 404 g/mol. The third kappa shape index (κ3) is 6.74. The lowest BCUT2D eigenvalue weighted by molar-refractivity contribution is 0.170. The highest BCUT2D eigenvalue weighted by atomic mass is 32.2. The Labute approximate surface area is 165 Å². The summed E-state index contributed by atoms with van der Waals surface area (Å²) in [6, 6.07) is 15.3. The van der Waals surface area contributed by atoms with Gasteiger partial charge in [0.15, 0.2) is 0 Å². The molecule has 2 aromatic carbocycles. The van der Waals surface area contributed by atoms with Crippen LogP contribution in [-0.4, -0.2) is 45.6 Å². The van der Waals surface area contributed by atoms with Crippen molar-refractivity contribution >= 4 is 16.1 Å². The maximum absolute atomic E-state index is 12.9. The molecule has 1 aliphatic heterocycles. The molecule has 0 aromatic heterocycles. The van der Waals surface area contributed by atoms with Crippen molar-refractivity contribution in [3.05, 3.63) is 71.4 Å². The van der Waals surface area contributed by atoms with Gasteiger partial charge in [-0.05, 0) is 61.8 Å². The van der Waals surface area contributed by atoms with Crippen LogP contribution in [0.3, 0.4) is 0 Å². The molecule has 0 spiro atoms. The van der Waals surface area contributed by atoms with Crippen LogP contribution in [0.25, 0.3) is 6.08 Å². The molecule has 5 nitrogen and oxygen atoms in total. The highest BCUT2D eigenvalue weighted by Gasteiger charge is 2.22. The lowest BCUT2D eigenvalue weighted by Gasteiger charge is -2.31. The van der Waals surface area contributed by atoms with Gasteiger partial charge < -0.3 is 4.74 Å². The summed E-state index contributed by atoms with van der Waals surface area (Å²) in [4.78, 5) is 2.24. The van der Waals surface area contributed by atoms with E-state index in [9.17, 15) is 12.8 Å². The highest BCUT2D eigenvalue weighted by molar-refractivity contribution is 7.92. The van der Waals surface area contributed by atoms with E-state index in [0.29, 0.717) is 12.4 Å². The normalized spacial score (nSPS) is 16.5. The fourth-order valence-corrected chi connectivity index (χ4v) is 4.22. The van der Waals surface area contributed by atoms with Crippen molar-refractivity contribution in [1.29, 1.82) is 0 Å². The predicted octanol–water partition coefficient (Wildman–Crippen LogP) is 3.26. The van der Waals surface area contributed by atoms with Gasteiger partial charge in [-0.2, -0.15) is 0 Å². The fraction of sp³-hybridized carbons (Fsp3) is 0.333. The Morgan fingerprint density at radius 1 is 1.07 bits per heavy atom.